The van der Waals surface area contributed by atoms with Crippen LogP contribution in [0.4, 0.5) is 5.69 Å². The molecule has 0 radical (unpaired) electrons. The summed E-state index contributed by atoms with van der Waals surface area (Å²) in [4.78, 5) is 23.0. The summed E-state index contributed by atoms with van der Waals surface area (Å²) in [7, 11) is 0. The number of carbonyl (C=O) groups is 2. The van der Waals surface area contributed by atoms with E-state index in [0.29, 0.717) is 23.3 Å². The molecule has 3 rings (SSSR count). The molecule has 2 heterocycles. The lowest BCUT2D eigenvalue weighted by Crippen LogP contribution is -2.38. The molecular weight excluding hydrogens is 368 g/mol. The van der Waals surface area contributed by atoms with Gasteiger partial charge in [0.05, 0.1) is 12.3 Å². The number of nitrogens with zero attached hydrogens (tertiary/aromatic N) is 2. The van der Waals surface area contributed by atoms with Crippen molar-refractivity contribution < 1.29 is 19.1 Å². The molecular formula is C18H24N4O4S. The third kappa shape index (κ3) is 4.92. The molecule has 1 amide bonds. The first-order chi connectivity index (χ1) is 13.1. The summed E-state index contributed by atoms with van der Waals surface area (Å²) in [6, 6.07) is 7.28. The third-order valence-electron chi connectivity index (χ3n) is 4.43. The van der Waals surface area contributed by atoms with Gasteiger partial charge in [0.25, 0.3) is 5.91 Å². The summed E-state index contributed by atoms with van der Waals surface area (Å²) >= 11 is 1.43. The number of carbonyl (C=O) groups excluding carboxylic acids is 2. The summed E-state index contributed by atoms with van der Waals surface area (Å²) in [5.41, 5.74) is 6.31. The second-order valence-electron chi connectivity index (χ2n) is 6.30. The van der Waals surface area contributed by atoms with Crippen LogP contribution in [-0.4, -0.2) is 48.6 Å². The van der Waals surface area contributed by atoms with Crippen LogP contribution in [0.2, 0.25) is 0 Å². The van der Waals surface area contributed by atoms with Crippen LogP contribution in [0.25, 0.3) is 0 Å². The van der Waals surface area contributed by atoms with E-state index in [1.165, 1.54) is 11.8 Å². The monoisotopic (exact) mass is 392 g/mol. The van der Waals surface area contributed by atoms with E-state index in [1.54, 1.807) is 19.1 Å². The summed E-state index contributed by atoms with van der Waals surface area (Å²) in [6.07, 6.45) is 2.05. The quantitative estimate of drug-likeness (QED) is 0.674. The van der Waals surface area contributed by atoms with Gasteiger partial charge >= 0.3 is 5.97 Å². The molecule has 3 N–H and O–H groups in total. The van der Waals surface area contributed by atoms with Gasteiger partial charge in [-0.15, -0.1) is 0 Å². The van der Waals surface area contributed by atoms with Crippen LogP contribution in [0, 0.1) is 5.92 Å². The second-order valence-corrected chi connectivity index (χ2v) is 7.40. The average molecular weight is 392 g/mol. The number of hydrogen-bond acceptors (Lipinski definition) is 8. The van der Waals surface area contributed by atoms with Gasteiger partial charge in [-0.25, -0.2) is 4.79 Å². The van der Waals surface area contributed by atoms with Gasteiger partial charge in [-0.2, -0.15) is 5.10 Å². The molecule has 0 aromatic heterocycles. The maximum Gasteiger partial charge on any atom is 0.344 e. The highest BCUT2D eigenvalue weighted by Gasteiger charge is 2.37. The van der Waals surface area contributed by atoms with Gasteiger partial charge in [0.15, 0.2) is 11.7 Å². The Morgan fingerprint density at radius 3 is 2.63 bits per heavy atom. The molecule has 0 saturated carbocycles. The van der Waals surface area contributed by atoms with Crippen LogP contribution in [0.5, 0.6) is 5.75 Å². The fraction of sp³-hybridized carbons (Fsp3) is 0.500. The number of primary amides is 1. The fourth-order valence-electron chi connectivity index (χ4n) is 3.12. The van der Waals surface area contributed by atoms with Crippen molar-refractivity contribution in [2.45, 2.75) is 25.1 Å². The molecule has 1 aromatic rings. The van der Waals surface area contributed by atoms with E-state index in [4.69, 9.17) is 15.2 Å². The van der Waals surface area contributed by atoms with Gasteiger partial charge in [-0.1, -0.05) is 11.8 Å². The first-order valence-electron chi connectivity index (χ1n) is 9.02. The molecule has 1 unspecified atom stereocenters. The van der Waals surface area contributed by atoms with E-state index in [2.05, 4.69) is 10.4 Å². The molecule has 1 atom stereocenters. The zero-order chi connectivity index (χ0) is 19.2. The van der Waals surface area contributed by atoms with Crippen LogP contribution < -0.4 is 20.8 Å². The van der Waals surface area contributed by atoms with E-state index in [0.717, 1.165) is 31.6 Å². The Morgan fingerprint density at radius 2 is 2.00 bits per heavy atom. The molecule has 0 aliphatic carbocycles. The molecule has 8 nitrogen and oxygen atoms in total. The molecule has 1 saturated heterocycles. The van der Waals surface area contributed by atoms with E-state index in [9.17, 15) is 9.59 Å². The lowest BCUT2D eigenvalue weighted by atomic mass is 9.97. The van der Waals surface area contributed by atoms with Crippen molar-refractivity contribution in [3.63, 3.8) is 0 Å². The van der Waals surface area contributed by atoms with Crippen LogP contribution in [0.1, 0.15) is 19.8 Å². The van der Waals surface area contributed by atoms with Crippen molar-refractivity contribution in [3.8, 4) is 5.75 Å². The highest BCUT2D eigenvalue weighted by molar-refractivity contribution is 8.16. The number of rotatable bonds is 7. The summed E-state index contributed by atoms with van der Waals surface area (Å²) < 4.78 is 10.3. The number of hydrazone groups is 1. The van der Waals surface area contributed by atoms with Crippen molar-refractivity contribution in [1.29, 1.82) is 0 Å². The van der Waals surface area contributed by atoms with Crippen molar-refractivity contribution in [3.05, 3.63) is 24.3 Å². The average Bonchev–Trinajstić information content (AvgIpc) is 3.13. The smallest absolute Gasteiger partial charge is 0.344 e. The van der Waals surface area contributed by atoms with Gasteiger partial charge in [0.2, 0.25) is 0 Å². The lowest BCUT2D eigenvalue weighted by Gasteiger charge is -2.32. The first kappa shape index (κ1) is 19.5. The molecule has 0 bridgehead atoms. The zero-order valence-corrected chi connectivity index (χ0v) is 16.0. The predicted molar refractivity (Wildman–Crippen MR) is 105 cm³/mol. The molecule has 9 heteroatoms. The number of esters is 1. The van der Waals surface area contributed by atoms with Crippen LogP contribution >= 0.6 is 11.8 Å². The maximum absolute atomic E-state index is 11.6. The zero-order valence-electron chi connectivity index (χ0n) is 15.2. The molecule has 2 aliphatic heterocycles. The topological polar surface area (TPSA) is 106 Å². The number of nitrogens with one attached hydrogen (secondary N) is 1. The second kappa shape index (κ2) is 9.09. The van der Waals surface area contributed by atoms with Crippen molar-refractivity contribution >= 4 is 34.4 Å². The van der Waals surface area contributed by atoms with E-state index in [-0.39, 0.29) is 12.0 Å². The van der Waals surface area contributed by atoms with Gasteiger partial charge in [-0.05, 0) is 63.0 Å². The van der Waals surface area contributed by atoms with Crippen molar-refractivity contribution in [1.82, 2.24) is 5.32 Å². The highest BCUT2D eigenvalue weighted by atomic mass is 32.2. The Labute approximate surface area is 162 Å². The number of amides is 1. The Balaban J connectivity index is 1.71. The summed E-state index contributed by atoms with van der Waals surface area (Å²) in [5, 5.41) is 10.0. The largest absolute Gasteiger partial charge is 0.482 e. The summed E-state index contributed by atoms with van der Waals surface area (Å²) in [6.45, 7) is 3.87. The highest BCUT2D eigenvalue weighted by Crippen LogP contribution is 2.39. The molecule has 2 aliphatic rings. The van der Waals surface area contributed by atoms with E-state index in [1.807, 2.05) is 17.1 Å². The third-order valence-corrected chi connectivity index (χ3v) is 5.77. The van der Waals surface area contributed by atoms with Gasteiger partial charge in [0, 0.05) is 0 Å². The number of hydrogen-bond donors (Lipinski definition) is 2. The van der Waals surface area contributed by atoms with Gasteiger partial charge in [-0.3, -0.25) is 9.80 Å². The van der Waals surface area contributed by atoms with Crippen molar-refractivity contribution in [2.24, 2.45) is 16.8 Å². The maximum atomic E-state index is 11.6. The Bertz CT molecular complexity index is 704. The molecule has 146 valence electrons. The Hall–Kier alpha value is -2.26. The van der Waals surface area contributed by atoms with Crippen LogP contribution in [-0.2, 0) is 14.3 Å². The predicted octanol–water partition coefficient (Wildman–Crippen LogP) is 1.31. The SMILES string of the molecule is CCOC(=O)COc1ccc(N2N=C(C(N)=O)SC2C2CCNCC2)cc1. The number of ether oxygens (including phenoxy) is 2. The van der Waals surface area contributed by atoms with Crippen LogP contribution in [0.15, 0.2) is 29.4 Å². The first-order valence-corrected chi connectivity index (χ1v) is 9.90. The normalized spacial score (nSPS) is 20.3. The number of nitrogens with two attached hydrogens (primary N) is 1. The minimum atomic E-state index is -0.504. The van der Waals surface area contributed by atoms with E-state index < -0.39 is 11.9 Å². The number of thioether (sulfide) groups is 1. The summed E-state index contributed by atoms with van der Waals surface area (Å²) in [5.74, 6) is 0.0720. The van der Waals surface area contributed by atoms with Gasteiger partial charge in [0.1, 0.15) is 11.1 Å². The minimum absolute atomic E-state index is 0.0425. The number of anilines is 1. The molecule has 1 aromatic carbocycles. The lowest BCUT2D eigenvalue weighted by molar-refractivity contribution is -0.145. The minimum Gasteiger partial charge on any atom is -0.482 e. The Morgan fingerprint density at radius 1 is 1.30 bits per heavy atom. The van der Waals surface area contributed by atoms with E-state index >= 15 is 0 Å². The van der Waals surface area contributed by atoms with Crippen molar-refractivity contribution in [2.75, 3.05) is 31.3 Å². The molecule has 27 heavy (non-hydrogen) atoms. The van der Waals surface area contributed by atoms with Crippen LogP contribution in [0.3, 0.4) is 0 Å². The number of benzene rings is 1. The standard InChI is InChI=1S/C18H24N4O4S/c1-2-25-15(23)11-26-14-5-3-13(4-6-14)22-18(12-7-9-20-10-8-12)27-17(21-22)16(19)24/h3-6,12,18,20H,2,7-11H2,1H3,(H2,19,24). The fourth-order valence-corrected chi connectivity index (χ4v) is 4.33. The molecule has 0 spiro atoms. The number of piperidine rings is 1. The molecule has 1 fully saturated rings. The van der Waals surface area contributed by atoms with Gasteiger partial charge < -0.3 is 20.5 Å². The Kier molecular flexibility index (Phi) is 6.57.